The molecule has 146 valence electrons. The monoisotopic (exact) mass is 402 g/mol. The van der Waals surface area contributed by atoms with E-state index in [2.05, 4.69) is 11.9 Å². The molecule has 11 heteroatoms. The fourth-order valence-corrected chi connectivity index (χ4v) is 4.37. The fourth-order valence-electron chi connectivity index (χ4n) is 3.02. The number of aromatic nitrogens is 2. The van der Waals surface area contributed by atoms with Gasteiger partial charge >= 0.3 is 12.2 Å². The number of imide groups is 1. The van der Waals surface area contributed by atoms with Crippen molar-refractivity contribution in [2.45, 2.75) is 38.9 Å². The molecule has 0 unspecified atom stereocenters. The van der Waals surface area contributed by atoms with Crippen molar-refractivity contribution in [3.8, 4) is 0 Å². The average molecular weight is 402 g/mol. The van der Waals surface area contributed by atoms with Crippen molar-refractivity contribution in [2.24, 2.45) is 5.92 Å². The van der Waals surface area contributed by atoms with Crippen molar-refractivity contribution in [3.63, 3.8) is 0 Å². The molecule has 3 amide bonds. The molecule has 0 radical (unpaired) electrons. The third-order valence-corrected chi connectivity index (χ3v) is 5.46. The minimum absolute atomic E-state index is 0.391. The summed E-state index contributed by atoms with van der Waals surface area (Å²) in [7, 11) is 0. The Hall–Kier alpha value is -2.43. The van der Waals surface area contributed by atoms with Gasteiger partial charge in [-0.15, -0.1) is 11.3 Å². The van der Waals surface area contributed by atoms with Gasteiger partial charge in [-0.3, -0.25) is 19.5 Å². The number of fused-ring (bicyclic) bond motifs is 3. The van der Waals surface area contributed by atoms with Gasteiger partial charge in [0.15, 0.2) is 0 Å². The summed E-state index contributed by atoms with van der Waals surface area (Å²) >= 11 is 1.47. The molecule has 0 saturated carbocycles. The third kappa shape index (κ3) is 4.46. The zero-order valence-corrected chi connectivity index (χ0v) is 15.2. The number of hydrogen-bond donors (Lipinski definition) is 2. The van der Waals surface area contributed by atoms with Crippen LogP contribution in [0.4, 0.5) is 18.0 Å². The minimum atomic E-state index is -4.58. The molecule has 1 aliphatic carbocycles. The minimum Gasteiger partial charge on any atom is -0.329 e. The van der Waals surface area contributed by atoms with E-state index >= 15 is 0 Å². The first kappa shape index (κ1) is 19.3. The van der Waals surface area contributed by atoms with Crippen molar-refractivity contribution in [2.75, 3.05) is 6.54 Å². The number of carbonyl (C=O) groups excluding carboxylic acids is 2. The van der Waals surface area contributed by atoms with Gasteiger partial charge < -0.3 is 5.32 Å². The molecule has 2 N–H and O–H groups in total. The van der Waals surface area contributed by atoms with E-state index in [0.717, 1.165) is 34.3 Å². The van der Waals surface area contributed by atoms with Crippen molar-refractivity contribution in [3.05, 3.63) is 27.1 Å². The number of thiophene rings is 1. The molecule has 27 heavy (non-hydrogen) atoms. The topological polar surface area (TPSA) is 93.1 Å². The smallest absolute Gasteiger partial charge is 0.329 e. The second-order valence-corrected chi connectivity index (χ2v) is 7.64. The molecule has 0 aromatic carbocycles. The lowest BCUT2D eigenvalue weighted by atomic mass is 9.89. The SMILES string of the molecule is C[C@@H]1CCc2c(sc3ncn(CC(=O)NC(=O)NCC(F)(F)F)c(=O)c23)C1. The van der Waals surface area contributed by atoms with Gasteiger partial charge in [-0.05, 0) is 30.7 Å². The molecule has 0 bridgehead atoms. The summed E-state index contributed by atoms with van der Waals surface area (Å²) in [4.78, 5) is 41.9. The quantitative estimate of drug-likeness (QED) is 0.821. The number of hydrogen-bond acceptors (Lipinski definition) is 5. The van der Waals surface area contributed by atoms with Crippen molar-refractivity contribution in [1.29, 1.82) is 0 Å². The van der Waals surface area contributed by atoms with Gasteiger partial charge in [0.1, 0.15) is 17.9 Å². The van der Waals surface area contributed by atoms with Crippen molar-refractivity contribution < 1.29 is 22.8 Å². The number of alkyl halides is 3. The number of nitrogens with zero attached hydrogens (tertiary/aromatic N) is 2. The Labute approximate surface area is 155 Å². The Morgan fingerprint density at radius 2 is 2.15 bits per heavy atom. The lowest BCUT2D eigenvalue weighted by Gasteiger charge is -2.17. The van der Waals surface area contributed by atoms with Crippen molar-refractivity contribution >= 4 is 33.5 Å². The highest BCUT2D eigenvalue weighted by Gasteiger charge is 2.28. The van der Waals surface area contributed by atoms with Crippen LogP contribution in [-0.2, 0) is 24.2 Å². The molecular weight excluding hydrogens is 385 g/mol. The van der Waals surface area contributed by atoms with Crippen LogP contribution in [0.3, 0.4) is 0 Å². The van der Waals surface area contributed by atoms with Crippen LogP contribution in [0.25, 0.3) is 10.2 Å². The summed E-state index contributed by atoms with van der Waals surface area (Å²) in [6.07, 6.45) is -0.753. The number of nitrogens with one attached hydrogen (secondary N) is 2. The van der Waals surface area contributed by atoms with Crippen LogP contribution in [0.2, 0.25) is 0 Å². The van der Waals surface area contributed by atoms with Crippen LogP contribution < -0.4 is 16.2 Å². The maximum atomic E-state index is 12.7. The van der Waals surface area contributed by atoms with E-state index in [9.17, 15) is 27.6 Å². The van der Waals surface area contributed by atoms with Gasteiger partial charge in [-0.25, -0.2) is 9.78 Å². The maximum absolute atomic E-state index is 12.7. The van der Waals surface area contributed by atoms with E-state index in [-0.39, 0.29) is 0 Å². The van der Waals surface area contributed by atoms with Gasteiger partial charge in [0.2, 0.25) is 5.91 Å². The number of aryl methyl sites for hydroxylation is 1. The average Bonchev–Trinajstić information content (AvgIpc) is 2.93. The highest BCUT2D eigenvalue weighted by molar-refractivity contribution is 7.18. The Morgan fingerprint density at radius 3 is 2.85 bits per heavy atom. The lowest BCUT2D eigenvalue weighted by molar-refractivity contribution is -0.124. The Morgan fingerprint density at radius 1 is 1.41 bits per heavy atom. The highest BCUT2D eigenvalue weighted by atomic mass is 32.1. The number of rotatable bonds is 3. The van der Waals surface area contributed by atoms with Crippen LogP contribution in [0, 0.1) is 5.92 Å². The standard InChI is InChI=1S/C16H17F3N4O3S/c1-8-2-3-9-10(4-8)27-13-12(9)14(25)23(7-21-13)5-11(24)22-15(26)20-6-16(17,18)19/h7-8H,2-6H2,1H3,(H2,20,22,24,26)/t8-/m1/s1. The van der Waals surface area contributed by atoms with Crippen LogP contribution in [0.1, 0.15) is 23.8 Å². The first-order chi connectivity index (χ1) is 12.6. The molecule has 3 rings (SSSR count). The summed E-state index contributed by atoms with van der Waals surface area (Å²) in [5.41, 5.74) is 0.571. The lowest BCUT2D eigenvalue weighted by Crippen LogP contribution is -2.45. The number of halogens is 3. The second-order valence-electron chi connectivity index (χ2n) is 6.56. The van der Waals surface area contributed by atoms with Crippen LogP contribution in [-0.4, -0.2) is 34.2 Å². The van der Waals surface area contributed by atoms with E-state index in [0.29, 0.717) is 16.1 Å². The second kappa shape index (κ2) is 7.29. The molecule has 0 spiro atoms. The van der Waals surface area contributed by atoms with E-state index in [1.807, 2.05) is 0 Å². The Kier molecular flexibility index (Phi) is 5.22. The fraction of sp³-hybridized carbons (Fsp3) is 0.500. The van der Waals surface area contributed by atoms with Gasteiger partial charge in [0, 0.05) is 4.88 Å². The molecule has 2 aromatic rings. The molecular formula is C16H17F3N4O3S. The number of amides is 3. The zero-order valence-electron chi connectivity index (χ0n) is 14.4. The maximum Gasteiger partial charge on any atom is 0.405 e. The molecule has 0 aliphatic heterocycles. The molecule has 1 aliphatic rings. The van der Waals surface area contributed by atoms with Gasteiger partial charge in [0.05, 0.1) is 11.7 Å². The Balaban J connectivity index is 1.74. The van der Waals surface area contributed by atoms with Gasteiger partial charge in [-0.2, -0.15) is 13.2 Å². The molecule has 2 aromatic heterocycles. The van der Waals surface area contributed by atoms with Crippen molar-refractivity contribution in [1.82, 2.24) is 20.2 Å². The Bertz CT molecular complexity index is 951. The number of carbonyl (C=O) groups is 2. The van der Waals surface area contributed by atoms with E-state index < -0.39 is 36.8 Å². The molecule has 0 fully saturated rings. The van der Waals surface area contributed by atoms with E-state index in [1.54, 1.807) is 5.32 Å². The third-order valence-electron chi connectivity index (χ3n) is 4.30. The number of urea groups is 1. The molecule has 7 nitrogen and oxygen atoms in total. The van der Waals surface area contributed by atoms with Crippen LogP contribution in [0.5, 0.6) is 0 Å². The summed E-state index contributed by atoms with van der Waals surface area (Å²) in [6.45, 7) is 0.0779. The van der Waals surface area contributed by atoms with Gasteiger partial charge in [0.25, 0.3) is 5.56 Å². The predicted octanol–water partition coefficient (Wildman–Crippen LogP) is 1.97. The summed E-state index contributed by atoms with van der Waals surface area (Å²) in [5, 5.41) is 3.78. The first-order valence-electron chi connectivity index (χ1n) is 8.28. The highest BCUT2D eigenvalue weighted by Crippen LogP contribution is 2.35. The predicted molar refractivity (Wildman–Crippen MR) is 92.7 cm³/mol. The molecule has 0 saturated heterocycles. The zero-order chi connectivity index (χ0) is 19.8. The van der Waals surface area contributed by atoms with E-state index in [4.69, 9.17) is 0 Å². The molecule has 1 atom stereocenters. The van der Waals surface area contributed by atoms with Crippen LogP contribution >= 0.6 is 11.3 Å². The van der Waals surface area contributed by atoms with Gasteiger partial charge in [-0.1, -0.05) is 6.92 Å². The first-order valence-corrected chi connectivity index (χ1v) is 9.10. The molecule has 2 heterocycles. The van der Waals surface area contributed by atoms with E-state index in [1.165, 1.54) is 23.0 Å². The largest absolute Gasteiger partial charge is 0.405 e. The summed E-state index contributed by atoms with van der Waals surface area (Å²) in [5.74, 6) is -0.371. The normalized spacial score (nSPS) is 16.8. The summed E-state index contributed by atoms with van der Waals surface area (Å²) in [6, 6.07) is -1.28. The van der Waals surface area contributed by atoms with Crippen LogP contribution in [0.15, 0.2) is 11.1 Å². The summed E-state index contributed by atoms with van der Waals surface area (Å²) < 4.78 is 37.2.